The van der Waals surface area contributed by atoms with Gasteiger partial charge in [-0.05, 0) is 71.2 Å². The fourth-order valence-electron chi connectivity index (χ4n) is 4.08. The summed E-state index contributed by atoms with van der Waals surface area (Å²) in [5.74, 6) is 0.930. The lowest BCUT2D eigenvalue weighted by molar-refractivity contribution is 0.396. The zero-order valence-corrected chi connectivity index (χ0v) is 18.3. The Morgan fingerprint density at radius 2 is 1.68 bits per heavy atom. The Bertz CT molecular complexity index is 882. The van der Waals surface area contributed by atoms with Crippen molar-refractivity contribution in [2.24, 2.45) is 0 Å². The molecule has 6 heteroatoms. The monoisotopic (exact) mass is 401 g/mol. The normalized spacial score (nSPS) is 18.2. The van der Waals surface area contributed by atoms with Gasteiger partial charge in [0.1, 0.15) is 5.82 Å². The molecule has 0 amide bonds. The van der Waals surface area contributed by atoms with Crippen molar-refractivity contribution in [3.63, 3.8) is 0 Å². The van der Waals surface area contributed by atoms with Crippen molar-refractivity contribution in [3.05, 3.63) is 53.7 Å². The van der Waals surface area contributed by atoms with Crippen LogP contribution in [-0.2, 0) is 10.0 Å². The topological polar surface area (TPSA) is 53.5 Å². The highest BCUT2D eigenvalue weighted by atomic mass is 32.2. The van der Waals surface area contributed by atoms with Crippen LogP contribution in [0.2, 0.25) is 0 Å². The van der Waals surface area contributed by atoms with E-state index in [4.69, 9.17) is 0 Å². The zero-order chi connectivity index (χ0) is 20.5. The van der Waals surface area contributed by atoms with Crippen LogP contribution in [0.3, 0.4) is 0 Å². The molecule has 0 N–H and O–H groups in total. The summed E-state index contributed by atoms with van der Waals surface area (Å²) in [4.78, 5) is 7.30. The molecule has 1 fully saturated rings. The molecule has 0 aliphatic carbocycles. The SMILES string of the molecule is Cc1ccc(S(=O)(=O)N2CCCC2c2ccc(N(C(C)C)C(C)C)nc2)cc1. The van der Waals surface area contributed by atoms with Gasteiger partial charge in [0.15, 0.2) is 0 Å². The highest BCUT2D eigenvalue weighted by molar-refractivity contribution is 7.89. The van der Waals surface area contributed by atoms with Gasteiger partial charge < -0.3 is 4.90 Å². The largest absolute Gasteiger partial charge is 0.352 e. The van der Waals surface area contributed by atoms with Crippen molar-refractivity contribution in [2.45, 2.75) is 70.5 Å². The summed E-state index contributed by atoms with van der Waals surface area (Å²) in [5.41, 5.74) is 2.01. The molecule has 28 heavy (non-hydrogen) atoms. The van der Waals surface area contributed by atoms with Gasteiger partial charge in [0, 0.05) is 24.8 Å². The molecular weight excluding hydrogens is 370 g/mol. The molecule has 1 saturated heterocycles. The molecule has 2 heterocycles. The third kappa shape index (κ3) is 4.08. The molecule has 2 aromatic rings. The van der Waals surface area contributed by atoms with E-state index in [-0.39, 0.29) is 6.04 Å². The second-order valence-electron chi connectivity index (χ2n) is 8.13. The number of aromatic nitrogens is 1. The van der Waals surface area contributed by atoms with E-state index >= 15 is 0 Å². The van der Waals surface area contributed by atoms with Crippen LogP contribution in [0.25, 0.3) is 0 Å². The van der Waals surface area contributed by atoms with Crippen LogP contribution in [0.15, 0.2) is 47.5 Å². The highest BCUT2D eigenvalue weighted by Crippen LogP contribution is 2.36. The molecule has 1 aromatic carbocycles. The Morgan fingerprint density at radius 1 is 1.04 bits per heavy atom. The van der Waals surface area contributed by atoms with Gasteiger partial charge >= 0.3 is 0 Å². The minimum absolute atomic E-state index is 0.153. The van der Waals surface area contributed by atoms with Crippen LogP contribution in [0.1, 0.15) is 57.7 Å². The third-order valence-corrected chi connectivity index (χ3v) is 7.29. The summed E-state index contributed by atoms with van der Waals surface area (Å²) < 4.78 is 28.0. The summed E-state index contributed by atoms with van der Waals surface area (Å²) in [6, 6.07) is 11.7. The highest BCUT2D eigenvalue weighted by Gasteiger charge is 2.36. The van der Waals surface area contributed by atoms with E-state index in [0.29, 0.717) is 23.5 Å². The van der Waals surface area contributed by atoms with Gasteiger partial charge in [0.2, 0.25) is 10.0 Å². The maximum Gasteiger partial charge on any atom is 0.243 e. The Hall–Kier alpha value is -1.92. The molecular formula is C22H31N3O2S. The van der Waals surface area contributed by atoms with Crippen LogP contribution in [-0.4, -0.2) is 36.3 Å². The lowest BCUT2D eigenvalue weighted by Crippen LogP contribution is -2.37. The molecule has 0 saturated carbocycles. The molecule has 5 nitrogen and oxygen atoms in total. The quantitative estimate of drug-likeness (QED) is 0.713. The molecule has 1 aromatic heterocycles. The minimum Gasteiger partial charge on any atom is -0.352 e. The van der Waals surface area contributed by atoms with Gasteiger partial charge in [-0.15, -0.1) is 0 Å². The van der Waals surface area contributed by atoms with Crippen molar-refractivity contribution in [1.82, 2.24) is 9.29 Å². The predicted octanol–water partition coefficient (Wildman–Crippen LogP) is 4.54. The van der Waals surface area contributed by atoms with Crippen molar-refractivity contribution < 1.29 is 8.42 Å². The van der Waals surface area contributed by atoms with Crippen molar-refractivity contribution in [3.8, 4) is 0 Å². The summed E-state index contributed by atoms with van der Waals surface area (Å²) in [6.45, 7) is 11.1. The first-order valence-corrected chi connectivity index (χ1v) is 11.5. The number of aryl methyl sites for hydroxylation is 1. The minimum atomic E-state index is -3.51. The Morgan fingerprint density at radius 3 is 2.21 bits per heavy atom. The van der Waals surface area contributed by atoms with E-state index < -0.39 is 10.0 Å². The van der Waals surface area contributed by atoms with E-state index in [1.807, 2.05) is 37.4 Å². The van der Waals surface area contributed by atoms with Gasteiger partial charge in [0.05, 0.1) is 10.9 Å². The zero-order valence-electron chi connectivity index (χ0n) is 17.5. The van der Waals surface area contributed by atoms with Crippen LogP contribution in [0.4, 0.5) is 5.82 Å². The maximum atomic E-state index is 13.2. The van der Waals surface area contributed by atoms with Crippen molar-refractivity contribution in [1.29, 1.82) is 0 Å². The first kappa shape index (κ1) is 20.8. The Labute approximate surface area is 169 Å². The number of anilines is 1. The van der Waals surface area contributed by atoms with Crippen LogP contribution >= 0.6 is 0 Å². The Balaban J connectivity index is 1.87. The van der Waals surface area contributed by atoms with Crippen LogP contribution < -0.4 is 4.90 Å². The van der Waals surface area contributed by atoms with E-state index in [9.17, 15) is 8.42 Å². The molecule has 1 aliphatic rings. The molecule has 1 aliphatic heterocycles. The molecule has 152 valence electrons. The standard InChI is InChI=1S/C22H31N3O2S/c1-16(2)25(17(3)4)22-13-10-19(15-23-22)21-7-6-14-24(21)28(26,27)20-11-8-18(5)9-12-20/h8-13,15-17,21H,6-7,14H2,1-5H3. The number of benzene rings is 1. The second kappa shape index (κ2) is 8.21. The van der Waals surface area contributed by atoms with Crippen molar-refractivity contribution in [2.75, 3.05) is 11.4 Å². The number of sulfonamides is 1. The summed E-state index contributed by atoms with van der Waals surface area (Å²) in [5, 5.41) is 0. The fraction of sp³-hybridized carbons (Fsp3) is 0.500. The van der Waals surface area contributed by atoms with Gasteiger partial charge in [-0.1, -0.05) is 23.8 Å². The smallest absolute Gasteiger partial charge is 0.243 e. The first-order valence-electron chi connectivity index (χ1n) is 10.0. The van der Waals surface area contributed by atoms with Crippen LogP contribution in [0.5, 0.6) is 0 Å². The number of rotatable bonds is 6. The van der Waals surface area contributed by atoms with E-state index in [2.05, 4.69) is 37.6 Å². The lowest BCUT2D eigenvalue weighted by atomic mass is 10.1. The van der Waals surface area contributed by atoms with Gasteiger partial charge in [-0.2, -0.15) is 4.31 Å². The second-order valence-corrected chi connectivity index (χ2v) is 10.0. The molecule has 3 rings (SSSR count). The number of hydrogen-bond acceptors (Lipinski definition) is 4. The maximum absolute atomic E-state index is 13.2. The molecule has 0 bridgehead atoms. The van der Waals surface area contributed by atoms with Crippen LogP contribution in [0, 0.1) is 6.92 Å². The van der Waals surface area contributed by atoms with E-state index in [0.717, 1.165) is 29.8 Å². The lowest BCUT2D eigenvalue weighted by Gasteiger charge is -2.32. The average Bonchev–Trinajstić information content (AvgIpc) is 3.13. The fourth-order valence-corrected chi connectivity index (χ4v) is 5.76. The van der Waals surface area contributed by atoms with Gasteiger partial charge in [-0.3, -0.25) is 0 Å². The molecule has 1 unspecified atom stereocenters. The summed E-state index contributed by atoms with van der Waals surface area (Å²) in [6.07, 6.45) is 3.53. The van der Waals surface area contributed by atoms with Gasteiger partial charge in [0.25, 0.3) is 0 Å². The predicted molar refractivity (Wildman–Crippen MR) is 114 cm³/mol. The Kier molecular flexibility index (Phi) is 6.10. The average molecular weight is 402 g/mol. The molecule has 0 spiro atoms. The molecule has 0 radical (unpaired) electrons. The number of nitrogens with zero attached hydrogens (tertiary/aromatic N) is 3. The van der Waals surface area contributed by atoms with E-state index in [1.54, 1.807) is 16.4 Å². The van der Waals surface area contributed by atoms with Crippen molar-refractivity contribution >= 4 is 15.8 Å². The van der Waals surface area contributed by atoms with Gasteiger partial charge in [-0.25, -0.2) is 13.4 Å². The van der Waals surface area contributed by atoms with E-state index in [1.165, 1.54) is 0 Å². The number of pyridine rings is 1. The number of hydrogen-bond donors (Lipinski definition) is 0. The summed E-state index contributed by atoms with van der Waals surface area (Å²) in [7, 11) is -3.51. The summed E-state index contributed by atoms with van der Waals surface area (Å²) >= 11 is 0. The molecule has 1 atom stereocenters. The first-order chi connectivity index (χ1) is 13.2. The third-order valence-electron chi connectivity index (χ3n) is 5.36.